The Morgan fingerprint density at radius 2 is 2.00 bits per heavy atom. The molecule has 3 heterocycles. The first-order valence-corrected chi connectivity index (χ1v) is 7.93. The second-order valence-corrected chi connectivity index (χ2v) is 4.98. The van der Waals surface area contributed by atoms with Gasteiger partial charge in [-0.1, -0.05) is 27.0 Å². The van der Waals surface area contributed by atoms with E-state index in [0.29, 0.717) is 0 Å². The Kier molecular flexibility index (Phi) is 5.92. The third-order valence-electron chi connectivity index (χ3n) is 3.52. The number of allylic oxidation sites excluding steroid dienone is 3. The maximum absolute atomic E-state index is 5.15. The lowest BCUT2D eigenvalue weighted by atomic mass is 9.98. The van der Waals surface area contributed by atoms with E-state index in [1.807, 2.05) is 38.3 Å². The minimum absolute atomic E-state index is 0.889. The van der Waals surface area contributed by atoms with E-state index >= 15 is 0 Å². The molecule has 23 heavy (non-hydrogen) atoms. The van der Waals surface area contributed by atoms with Crippen LogP contribution in [-0.4, -0.2) is 9.97 Å². The Bertz CT molecular complexity index is 713. The fraction of sp³-hybridized carbons (Fsp3) is 0.263. The van der Waals surface area contributed by atoms with E-state index in [0.717, 1.165) is 53.2 Å². The molecule has 0 fully saturated rings. The van der Waals surface area contributed by atoms with Gasteiger partial charge >= 0.3 is 0 Å². The zero-order chi connectivity index (χ0) is 16.7. The fourth-order valence-electron chi connectivity index (χ4n) is 2.41. The average molecular weight is 309 g/mol. The van der Waals surface area contributed by atoms with Gasteiger partial charge in [-0.25, -0.2) is 9.97 Å². The van der Waals surface area contributed by atoms with Crippen molar-refractivity contribution in [1.29, 1.82) is 0 Å². The first kappa shape index (κ1) is 16.7. The van der Waals surface area contributed by atoms with Crippen molar-refractivity contribution < 1.29 is 4.42 Å². The van der Waals surface area contributed by atoms with Gasteiger partial charge in [0.15, 0.2) is 6.39 Å². The summed E-state index contributed by atoms with van der Waals surface area (Å²) in [7, 11) is 0. The van der Waals surface area contributed by atoms with Crippen molar-refractivity contribution in [2.45, 2.75) is 33.1 Å². The molecule has 4 heteroatoms. The number of aromatic nitrogens is 2. The molecule has 0 saturated carbocycles. The summed E-state index contributed by atoms with van der Waals surface area (Å²) in [6.07, 6.45) is 10.3. The lowest BCUT2D eigenvalue weighted by Gasteiger charge is -2.11. The molecule has 2 aromatic heterocycles. The van der Waals surface area contributed by atoms with E-state index in [9.17, 15) is 0 Å². The average Bonchev–Trinajstić information content (AvgIpc) is 3.08. The number of oxazole rings is 1. The SMILES string of the molecule is C=C1C=CNc2ncccc21.C=C1CCCc2ocnc21.CC. The van der Waals surface area contributed by atoms with Gasteiger partial charge in [0.25, 0.3) is 0 Å². The molecule has 0 atom stereocenters. The monoisotopic (exact) mass is 309 g/mol. The Labute approximate surface area is 137 Å². The molecule has 0 saturated heterocycles. The molecule has 0 radical (unpaired) electrons. The minimum Gasteiger partial charge on any atom is -0.448 e. The van der Waals surface area contributed by atoms with Crippen molar-refractivity contribution in [3.05, 3.63) is 67.2 Å². The topological polar surface area (TPSA) is 51.0 Å². The number of aryl methyl sites for hydroxylation is 1. The zero-order valence-corrected chi connectivity index (χ0v) is 13.8. The second-order valence-electron chi connectivity index (χ2n) is 4.98. The van der Waals surface area contributed by atoms with E-state index in [1.165, 1.54) is 6.39 Å². The van der Waals surface area contributed by atoms with Gasteiger partial charge in [-0.3, -0.25) is 0 Å². The third-order valence-corrected chi connectivity index (χ3v) is 3.52. The van der Waals surface area contributed by atoms with Gasteiger partial charge in [0.05, 0.1) is 0 Å². The number of nitrogens with one attached hydrogen (secondary N) is 1. The summed E-state index contributed by atoms with van der Waals surface area (Å²) >= 11 is 0. The molecule has 120 valence electrons. The molecule has 0 aromatic carbocycles. The Morgan fingerprint density at radius 3 is 2.74 bits per heavy atom. The van der Waals surface area contributed by atoms with Gasteiger partial charge in [0.1, 0.15) is 17.3 Å². The molecule has 0 unspecified atom stereocenters. The Balaban J connectivity index is 0.000000152. The predicted molar refractivity (Wildman–Crippen MR) is 95.9 cm³/mol. The highest BCUT2D eigenvalue weighted by Gasteiger charge is 2.15. The van der Waals surface area contributed by atoms with Crippen LogP contribution in [0, 0.1) is 0 Å². The maximum atomic E-state index is 5.15. The number of hydrogen-bond acceptors (Lipinski definition) is 4. The summed E-state index contributed by atoms with van der Waals surface area (Å²) in [5.74, 6) is 1.90. The van der Waals surface area contributed by atoms with E-state index < -0.39 is 0 Å². The van der Waals surface area contributed by atoms with Gasteiger partial charge < -0.3 is 9.73 Å². The molecule has 2 aliphatic rings. The van der Waals surface area contributed by atoms with Gasteiger partial charge in [0.2, 0.25) is 0 Å². The molecule has 0 amide bonds. The van der Waals surface area contributed by atoms with Gasteiger partial charge in [-0.2, -0.15) is 0 Å². The summed E-state index contributed by atoms with van der Waals surface area (Å²) in [5.41, 5.74) is 4.20. The summed E-state index contributed by atoms with van der Waals surface area (Å²) in [5, 5.41) is 3.04. The molecule has 2 aromatic rings. The van der Waals surface area contributed by atoms with Crippen LogP contribution in [0.15, 0.2) is 54.6 Å². The van der Waals surface area contributed by atoms with Crippen LogP contribution in [0.5, 0.6) is 0 Å². The van der Waals surface area contributed by atoms with Crippen LogP contribution in [0.3, 0.4) is 0 Å². The van der Waals surface area contributed by atoms with Crippen LogP contribution in [0.4, 0.5) is 5.82 Å². The third kappa shape index (κ3) is 3.97. The van der Waals surface area contributed by atoms with Crippen LogP contribution in [0.1, 0.15) is 43.7 Å². The normalized spacial score (nSPS) is 14.3. The van der Waals surface area contributed by atoms with E-state index in [1.54, 1.807) is 6.20 Å². The van der Waals surface area contributed by atoms with Crippen LogP contribution < -0.4 is 5.32 Å². The highest BCUT2D eigenvalue weighted by Crippen LogP contribution is 2.27. The molecule has 1 aliphatic heterocycles. The number of hydrogen-bond donors (Lipinski definition) is 1. The highest BCUT2D eigenvalue weighted by atomic mass is 16.3. The number of pyridine rings is 1. The molecule has 1 aliphatic carbocycles. The Morgan fingerprint density at radius 1 is 1.17 bits per heavy atom. The standard InChI is InChI=1S/C9H8N2.C8H9NO.C2H6/c1-7-4-6-11-9-8(7)3-2-5-10-9;1-6-3-2-4-7-8(6)9-5-10-7;1-2/h2-6H,1H2,(H,10,11);5H,1-4H2;1-2H3. The highest BCUT2D eigenvalue weighted by molar-refractivity contribution is 5.82. The van der Waals surface area contributed by atoms with Crippen LogP contribution >= 0.6 is 0 Å². The van der Waals surface area contributed by atoms with E-state index in [2.05, 4.69) is 28.4 Å². The molecular formula is C19H23N3O. The predicted octanol–water partition coefficient (Wildman–Crippen LogP) is 5.08. The molecule has 4 nitrogen and oxygen atoms in total. The van der Waals surface area contributed by atoms with Crippen LogP contribution in [0.25, 0.3) is 11.1 Å². The number of fused-ring (bicyclic) bond motifs is 2. The number of anilines is 1. The van der Waals surface area contributed by atoms with Crippen LogP contribution in [-0.2, 0) is 6.42 Å². The van der Waals surface area contributed by atoms with E-state index in [-0.39, 0.29) is 0 Å². The van der Waals surface area contributed by atoms with Gasteiger partial charge in [-0.05, 0) is 42.2 Å². The van der Waals surface area contributed by atoms with Crippen molar-refractivity contribution >= 4 is 17.0 Å². The van der Waals surface area contributed by atoms with E-state index in [4.69, 9.17) is 4.42 Å². The summed E-state index contributed by atoms with van der Waals surface area (Å²) in [6, 6.07) is 3.91. The van der Waals surface area contributed by atoms with Crippen molar-refractivity contribution in [2.75, 3.05) is 5.32 Å². The maximum Gasteiger partial charge on any atom is 0.181 e. The van der Waals surface area contributed by atoms with Gasteiger partial charge in [0, 0.05) is 24.4 Å². The fourth-order valence-corrected chi connectivity index (χ4v) is 2.41. The summed E-state index contributed by atoms with van der Waals surface area (Å²) in [4.78, 5) is 8.22. The molecule has 0 bridgehead atoms. The second kappa shape index (κ2) is 8.13. The Hall–Kier alpha value is -2.62. The van der Waals surface area contributed by atoms with Crippen molar-refractivity contribution in [3.63, 3.8) is 0 Å². The lowest BCUT2D eigenvalue weighted by molar-refractivity contribution is 0.493. The summed E-state index contributed by atoms with van der Waals surface area (Å²) < 4.78 is 5.15. The lowest BCUT2D eigenvalue weighted by Crippen LogP contribution is -2.00. The molecule has 0 spiro atoms. The molecular weight excluding hydrogens is 286 g/mol. The number of rotatable bonds is 0. The van der Waals surface area contributed by atoms with Gasteiger partial charge in [-0.15, -0.1) is 0 Å². The minimum atomic E-state index is 0.889. The molecule has 1 N–H and O–H groups in total. The first-order valence-electron chi connectivity index (χ1n) is 7.93. The number of nitrogens with zero attached hydrogens (tertiary/aromatic N) is 2. The smallest absolute Gasteiger partial charge is 0.181 e. The largest absolute Gasteiger partial charge is 0.448 e. The summed E-state index contributed by atoms with van der Waals surface area (Å²) in [6.45, 7) is 11.8. The first-order chi connectivity index (χ1) is 11.3. The van der Waals surface area contributed by atoms with Crippen LogP contribution in [0.2, 0.25) is 0 Å². The van der Waals surface area contributed by atoms with Crippen molar-refractivity contribution in [3.8, 4) is 0 Å². The quantitative estimate of drug-likeness (QED) is 0.737. The van der Waals surface area contributed by atoms with Crippen molar-refractivity contribution in [2.24, 2.45) is 0 Å². The van der Waals surface area contributed by atoms with Crippen molar-refractivity contribution in [1.82, 2.24) is 9.97 Å². The zero-order valence-electron chi connectivity index (χ0n) is 13.8. The molecule has 4 rings (SSSR count).